The number of hydrogen-bond donors (Lipinski definition) is 2. The lowest BCUT2D eigenvalue weighted by Crippen LogP contribution is -2.09. The average molecular weight is 239 g/mol. The van der Waals surface area contributed by atoms with Gasteiger partial charge in [-0.1, -0.05) is 48.5 Å². The van der Waals surface area contributed by atoms with Gasteiger partial charge in [-0.25, -0.2) is 0 Å². The van der Waals surface area contributed by atoms with Crippen molar-refractivity contribution in [3.05, 3.63) is 72.8 Å². The Labute approximate surface area is 108 Å². The standard InChI is InChI=1S/C16H17NO/c1-2-8-14(13-9-4-3-5-10-13)17-15-11-6-7-12-16(15)18/h2-7,9-12,14,17-18H,1,8H2. The number of anilines is 1. The van der Waals surface area contributed by atoms with Crippen molar-refractivity contribution in [1.82, 2.24) is 0 Å². The minimum atomic E-state index is 0.122. The first-order valence-electron chi connectivity index (χ1n) is 6.01. The molecule has 2 nitrogen and oxygen atoms in total. The van der Waals surface area contributed by atoms with E-state index in [2.05, 4.69) is 24.0 Å². The van der Waals surface area contributed by atoms with Gasteiger partial charge in [-0.05, 0) is 24.1 Å². The van der Waals surface area contributed by atoms with Crippen molar-refractivity contribution in [2.24, 2.45) is 0 Å². The lowest BCUT2D eigenvalue weighted by molar-refractivity contribution is 0.476. The molecule has 92 valence electrons. The summed E-state index contributed by atoms with van der Waals surface area (Å²) >= 11 is 0. The van der Waals surface area contributed by atoms with Gasteiger partial charge in [-0.15, -0.1) is 6.58 Å². The number of nitrogens with one attached hydrogen (secondary N) is 1. The molecule has 0 bridgehead atoms. The molecule has 0 heterocycles. The van der Waals surface area contributed by atoms with Gasteiger partial charge in [-0.2, -0.15) is 0 Å². The largest absolute Gasteiger partial charge is 0.506 e. The summed E-state index contributed by atoms with van der Waals surface area (Å²) in [6, 6.07) is 17.5. The second-order valence-corrected chi connectivity index (χ2v) is 4.15. The first-order chi connectivity index (χ1) is 8.81. The predicted molar refractivity (Wildman–Crippen MR) is 75.7 cm³/mol. The summed E-state index contributed by atoms with van der Waals surface area (Å²) in [6.45, 7) is 3.79. The molecule has 0 radical (unpaired) electrons. The highest BCUT2D eigenvalue weighted by molar-refractivity contribution is 5.56. The van der Waals surface area contributed by atoms with Crippen LogP contribution in [0.1, 0.15) is 18.0 Å². The molecular formula is C16H17NO. The van der Waals surface area contributed by atoms with Gasteiger partial charge in [0.15, 0.2) is 0 Å². The topological polar surface area (TPSA) is 32.3 Å². The Kier molecular flexibility index (Phi) is 4.02. The number of phenolic OH excluding ortho intramolecular Hbond substituents is 1. The van der Waals surface area contributed by atoms with Crippen LogP contribution < -0.4 is 5.32 Å². The van der Waals surface area contributed by atoms with Gasteiger partial charge in [0.25, 0.3) is 0 Å². The maximum Gasteiger partial charge on any atom is 0.138 e. The van der Waals surface area contributed by atoms with E-state index in [0.29, 0.717) is 0 Å². The van der Waals surface area contributed by atoms with Crippen molar-refractivity contribution in [1.29, 1.82) is 0 Å². The fourth-order valence-electron chi connectivity index (χ4n) is 1.91. The molecule has 0 aliphatic carbocycles. The normalized spacial score (nSPS) is 11.8. The first kappa shape index (κ1) is 12.2. The van der Waals surface area contributed by atoms with Crippen LogP contribution >= 0.6 is 0 Å². The molecule has 0 amide bonds. The number of para-hydroxylation sites is 2. The molecule has 2 rings (SSSR count). The van der Waals surface area contributed by atoms with Gasteiger partial charge >= 0.3 is 0 Å². The number of phenols is 1. The number of hydrogen-bond acceptors (Lipinski definition) is 2. The van der Waals surface area contributed by atoms with Crippen molar-refractivity contribution >= 4 is 5.69 Å². The molecule has 2 aromatic carbocycles. The van der Waals surface area contributed by atoms with Crippen molar-refractivity contribution < 1.29 is 5.11 Å². The Morgan fingerprint density at radius 1 is 1.06 bits per heavy atom. The second kappa shape index (κ2) is 5.92. The average Bonchev–Trinajstić information content (AvgIpc) is 2.42. The van der Waals surface area contributed by atoms with Gasteiger partial charge in [0.2, 0.25) is 0 Å². The van der Waals surface area contributed by atoms with Crippen LogP contribution in [-0.2, 0) is 0 Å². The van der Waals surface area contributed by atoms with Crippen molar-refractivity contribution in [2.45, 2.75) is 12.5 Å². The minimum absolute atomic E-state index is 0.122. The van der Waals surface area contributed by atoms with Crippen molar-refractivity contribution in [3.63, 3.8) is 0 Å². The summed E-state index contributed by atoms with van der Waals surface area (Å²) in [4.78, 5) is 0. The quantitative estimate of drug-likeness (QED) is 0.607. The summed E-state index contributed by atoms with van der Waals surface area (Å²) in [5.74, 6) is 0.266. The molecule has 0 aliphatic heterocycles. The third-order valence-corrected chi connectivity index (χ3v) is 2.84. The molecule has 0 aliphatic rings. The molecule has 2 heteroatoms. The molecule has 0 fully saturated rings. The molecule has 2 N–H and O–H groups in total. The Morgan fingerprint density at radius 3 is 2.39 bits per heavy atom. The Hall–Kier alpha value is -2.22. The molecule has 1 atom stereocenters. The van der Waals surface area contributed by atoms with Crippen LogP contribution in [0.5, 0.6) is 5.75 Å². The van der Waals surface area contributed by atoms with Crippen LogP contribution in [-0.4, -0.2) is 5.11 Å². The van der Waals surface area contributed by atoms with E-state index in [-0.39, 0.29) is 11.8 Å². The van der Waals surface area contributed by atoms with Gasteiger partial charge in [-0.3, -0.25) is 0 Å². The first-order valence-corrected chi connectivity index (χ1v) is 6.01. The Bertz CT molecular complexity index is 508. The molecular weight excluding hydrogens is 222 g/mol. The third kappa shape index (κ3) is 2.92. The molecule has 1 unspecified atom stereocenters. The summed E-state index contributed by atoms with van der Waals surface area (Å²) in [6.07, 6.45) is 2.68. The monoisotopic (exact) mass is 239 g/mol. The van der Waals surface area contributed by atoms with E-state index in [9.17, 15) is 5.11 Å². The lowest BCUT2D eigenvalue weighted by Gasteiger charge is -2.19. The van der Waals surface area contributed by atoms with Crippen LogP contribution in [0.25, 0.3) is 0 Å². The number of aromatic hydroxyl groups is 1. The van der Waals surface area contributed by atoms with Gasteiger partial charge < -0.3 is 10.4 Å². The van der Waals surface area contributed by atoms with Gasteiger partial charge in [0.1, 0.15) is 5.75 Å². The SMILES string of the molecule is C=CCC(Nc1ccccc1O)c1ccccc1. The summed E-state index contributed by atoms with van der Waals surface area (Å²) in [5, 5.41) is 13.1. The van der Waals surface area contributed by atoms with E-state index in [1.165, 1.54) is 5.56 Å². The van der Waals surface area contributed by atoms with Gasteiger partial charge in [0, 0.05) is 0 Å². The van der Waals surface area contributed by atoms with Crippen LogP contribution in [0, 0.1) is 0 Å². The van der Waals surface area contributed by atoms with Crippen molar-refractivity contribution in [2.75, 3.05) is 5.32 Å². The Morgan fingerprint density at radius 2 is 1.72 bits per heavy atom. The number of benzene rings is 2. The molecule has 2 aromatic rings. The maximum atomic E-state index is 9.79. The van der Waals surface area contributed by atoms with E-state index in [0.717, 1.165) is 12.1 Å². The van der Waals surface area contributed by atoms with E-state index in [1.54, 1.807) is 6.07 Å². The zero-order chi connectivity index (χ0) is 12.8. The van der Waals surface area contributed by atoms with Crippen molar-refractivity contribution in [3.8, 4) is 5.75 Å². The summed E-state index contributed by atoms with van der Waals surface area (Å²) < 4.78 is 0. The van der Waals surface area contributed by atoms with Crippen LogP contribution in [0.15, 0.2) is 67.3 Å². The minimum Gasteiger partial charge on any atom is -0.506 e. The highest BCUT2D eigenvalue weighted by Gasteiger charge is 2.10. The smallest absolute Gasteiger partial charge is 0.138 e. The fraction of sp³-hybridized carbons (Fsp3) is 0.125. The van der Waals surface area contributed by atoms with E-state index in [1.807, 2.05) is 42.5 Å². The maximum absolute atomic E-state index is 9.79. The molecule has 0 saturated heterocycles. The third-order valence-electron chi connectivity index (χ3n) is 2.84. The highest BCUT2D eigenvalue weighted by atomic mass is 16.3. The van der Waals surface area contributed by atoms with E-state index >= 15 is 0 Å². The van der Waals surface area contributed by atoms with Crippen LogP contribution in [0.2, 0.25) is 0 Å². The zero-order valence-corrected chi connectivity index (χ0v) is 10.2. The summed E-state index contributed by atoms with van der Waals surface area (Å²) in [5.41, 5.74) is 1.92. The molecule has 0 aromatic heterocycles. The van der Waals surface area contributed by atoms with Crippen LogP contribution in [0.4, 0.5) is 5.69 Å². The zero-order valence-electron chi connectivity index (χ0n) is 10.2. The predicted octanol–water partition coefficient (Wildman–Crippen LogP) is 4.12. The fourth-order valence-corrected chi connectivity index (χ4v) is 1.91. The second-order valence-electron chi connectivity index (χ2n) is 4.15. The molecule has 18 heavy (non-hydrogen) atoms. The van der Waals surface area contributed by atoms with E-state index in [4.69, 9.17) is 0 Å². The van der Waals surface area contributed by atoms with Gasteiger partial charge in [0.05, 0.1) is 11.7 Å². The summed E-state index contributed by atoms with van der Waals surface area (Å²) in [7, 11) is 0. The highest BCUT2D eigenvalue weighted by Crippen LogP contribution is 2.28. The van der Waals surface area contributed by atoms with E-state index < -0.39 is 0 Å². The number of rotatable bonds is 5. The Balaban J connectivity index is 2.22. The molecule has 0 spiro atoms. The van der Waals surface area contributed by atoms with Crippen LogP contribution in [0.3, 0.4) is 0 Å². The lowest BCUT2D eigenvalue weighted by atomic mass is 10.0. The molecule has 0 saturated carbocycles.